The predicted octanol–water partition coefficient (Wildman–Crippen LogP) is 5.80. The number of benzene rings is 2. The summed E-state index contributed by atoms with van der Waals surface area (Å²) in [7, 11) is 1.69. The molecule has 0 unspecified atom stereocenters. The zero-order valence-corrected chi connectivity index (χ0v) is 17.4. The molecule has 0 saturated heterocycles. The Labute approximate surface area is 172 Å². The van der Waals surface area contributed by atoms with Crippen LogP contribution in [-0.2, 0) is 11.3 Å². The van der Waals surface area contributed by atoms with E-state index in [0.29, 0.717) is 29.8 Å². The fourth-order valence-electron chi connectivity index (χ4n) is 2.62. The second-order valence-electron chi connectivity index (χ2n) is 5.71. The third-order valence-electron chi connectivity index (χ3n) is 3.90. The molecule has 0 aliphatic carbocycles. The molecule has 142 valence electrons. The highest BCUT2D eigenvalue weighted by Gasteiger charge is 2.12. The van der Waals surface area contributed by atoms with Gasteiger partial charge in [-0.3, -0.25) is 0 Å². The lowest BCUT2D eigenvalue weighted by atomic mass is 10.1. The van der Waals surface area contributed by atoms with Crippen molar-refractivity contribution in [2.45, 2.75) is 13.5 Å². The Hall–Kier alpha value is -1.79. The third-order valence-corrected chi connectivity index (χ3v) is 5.31. The summed E-state index contributed by atoms with van der Waals surface area (Å²) in [6, 6.07) is 13.3. The minimum absolute atomic E-state index is 0.575. The van der Waals surface area contributed by atoms with Crippen LogP contribution in [-0.4, -0.2) is 24.9 Å². The molecule has 7 heteroatoms. The highest BCUT2D eigenvalue weighted by molar-refractivity contribution is 7.07. The largest absolute Gasteiger partial charge is 0.494 e. The monoisotopic (exact) mass is 422 g/mol. The zero-order valence-electron chi connectivity index (χ0n) is 15.1. The average Bonchev–Trinajstić information content (AvgIpc) is 3.04. The summed E-state index contributed by atoms with van der Waals surface area (Å²) >= 11 is 14.0. The lowest BCUT2D eigenvalue weighted by molar-refractivity contribution is 0.187. The van der Waals surface area contributed by atoms with Gasteiger partial charge in [-0.1, -0.05) is 23.2 Å². The molecule has 0 amide bonds. The van der Waals surface area contributed by atoms with E-state index in [1.807, 2.05) is 43.3 Å². The summed E-state index contributed by atoms with van der Waals surface area (Å²) in [6.07, 6.45) is 0. The lowest BCUT2D eigenvalue weighted by Gasteiger charge is -2.10. The number of aromatic nitrogens is 1. The fourth-order valence-corrected chi connectivity index (χ4v) is 4.08. The molecular weight excluding hydrogens is 403 g/mol. The Morgan fingerprint density at radius 2 is 1.89 bits per heavy atom. The number of methoxy groups -OCH3 is 1. The van der Waals surface area contributed by atoms with Gasteiger partial charge in [0.05, 0.1) is 29.6 Å². The fraction of sp³-hybridized carbons (Fsp3) is 0.250. The molecule has 4 nitrogen and oxygen atoms in total. The maximum absolute atomic E-state index is 6.42. The Morgan fingerprint density at radius 3 is 2.56 bits per heavy atom. The minimum Gasteiger partial charge on any atom is -0.494 e. The molecule has 0 N–H and O–H groups in total. The van der Waals surface area contributed by atoms with Crippen molar-refractivity contribution in [3.63, 3.8) is 0 Å². The van der Waals surface area contributed by atoms with Crippen LogP contribution in [0.2, 0.25) is 10.0 Å². The maximum Gasteiger partial charge on any atom is 0.190 e. The van der Waals surface area contributed by atoms with Gasteiger partial charge in [0.25, 0.3) is 0 Å². The summed E-state index contributed by atoms with van der Waals surface area (Å²) in [5.74, 6) is 0.837. The van der Waals surface area contributed by atoms with Crippen LogP contribution in [0, 0.1) is 0 Å². The number of halogens is 2. The first-order valence-corrected chi connectivity index (χ1v) is 10.2. The molecule has 0 saturated carbocycles. The van der Waals surface area contributed by atoms with Crippen molar-refractivity contribution in [3.8, 4) is 17.0 Å². The van der Waals surface area contributed by atoms with Crippen molar-refractivity contribution in [2.24, 2.45) is 4.99 Å². The number of rotatable bonds is 7. The van der Waals surface area contributed by atoms with Gasteiger partial charge in [-0.15, -0.1) is 11.3 Å². The van der Waals surface area contributed by atoms with E-state index < -0.39 is 0 Å². The van der Waals surface area contributed by atoms with Crippen LogP contribution in [0.4, 0.5) is 5.69 Å². The van der Waals surface area contributed by atoms with Crippen LogP contribution in [0.25, 0.3) is 11.3 Å². The predicted molar refractivity (Wildman–Crippen MR) is 112 cm³/mol. The van der Waals surface area contributed by atoms with E-state index in [0.717, 1.165) is 27.5 Å². The van der Waals surface area contributed by atoms with Crippen molar-refractivity contribution in [1.82, 2.24) is 4.57 Å². The molecule has 3 aromatic rings. The lowest BCUT2D eigenvalue weighted by Crippen LogP contribution is -2.18. The van der Waals surface area contributed by atoms with Gasteiger partial charge in [-0.25, -0.2) is 4.99 Å². The molecule has 0 spiro atoms. The molecule has 27 heavy (non-hydrogen) atoms. The summed E-state index contributed by atoms with van der Waals surface area (Å²) in [4.78, 5) is 5.66. The first kappa shape index (κ1) is 20.0. The van der Waals surface area contributed by atoms with E-state index in [1.54, 1.807) is 24.5 Å². The topological polar surface area (TPSA) is 35.8 Å². The molecule has 0 aliphatic rings. The molecule has 1 heterocycles. The van der Waals surface area contributed by atoms with Crippen LogP contribution in [0.1, 0.15) is 6.92 Å². The van der Waals surface area contributed by atoms with Crippen molar-refractivity contribution in [1.29, 1.82) is 0 Å². The van der Waals surface area contributed by atoms with Crippen molar-refractivity contribution < 1.29 is 9.47 Å². The van der Waals surface area contributed by atoms with Gasteiger partial charge in [-0.2, -0.15) is 0 Å². The normalized spacial score (nSPS) is 11.8. The first-order chi connectivity index (χ1) is 13.1. The maximum atomic E-state index is 6.42. The molecular formula is C20H20Cl2N2O2S. The average molecular weight is 423 g/mol. The van der Waals surface area contributed by atoms with Crippen LogP contribution >= 0.6 is 34.5 Å². The van der Waals surface area contributed by atoms with Gasteiger partial charge < -0.3 is 14.0 Å². The summed E-state index contributed by atoms with van der Waals surface area (Å²) < 4.78 is 12.9. The molecule has 0 aliphatic heterocycles. The highest BCUT2D eigenvalue weighted by Crippen LogP contribution is 2.31. The van der Waals surface area contributed by atoms with Gasteiger partial charge in [0.1, 0.15) is 5.75 Å². The standard InChI is InChI=1S/C20H20Cl2N2O2S/c1-3-26-16-7-5-15(6-8-16)23-20-24(10-11-25-2)19(13-27-20)17-9-4-14(21)12-18(17)22/h4-9,12-13H,3,10-11H2,1-2H3. The second kappa shape index (κ2) is 9.42. The molecule has 0 atom stereocenters. The molecule has 1 aromatic heterocycles. The third kappa shape index (κ3) is 4.93. The van der Waals surface area contributed by atoms with Crippen molar-refractivity contribution in [3.05, 3.63) is 62.7 Å². The van der Waals surface area contributed by atoms with Crippen LogP contribution in [0.15, 0.2) is 52.8 Å². The van der Waals surface area contributed by atoms with E-state index >= 15 is 0 Å². The van der Waals surface area contributed by atoms with E-state index in [-0.39, 0.29) is 0 Å². The Bertz CT molecular complexity index is 965. The Morgan fingerprint density at radius 1 is 1.11 bits per heavy atom. The number of ether oxygens (including phenoxy) is 2. The SMILES string of the molecule is CCOc1ccc(N=c2scc(-c3ccc(Cl)cc3Cl)n2CCOC)cc1. The van der Waals surface area contributed by atoms with E-state index in [9.17, 15) is 0 Å². The number of hydrogen-bond donors (Lipinski definition) is 0. The van der Waals surface area contributed by atoms with Gasteiger partial charge >= 0.3 is 0 Å². The van der Waals surface area contributed by atoms with E-state index in [1.165, 1.54) is 0 Å². The smallest absolute Gasteiger partial charge is 0.190 e. The number of hydrogen-bond acceptors (Lipinski definition) is 4. The van der Waals surface area contributed by atoms with Crippen LogP contribution in [0.5, 0.6) is 5.75 Å². The van der Waals surface area contributed by atoms with Gasteiger partial charge in [0.15, 0.2) is 4.80 Å². The zero-order chi connectivity index (χ0) is 19.2. The van der Waals surface area contributed by atoms with Gasteiger partial charge in [0, 0.05) is 29.6 Å². The summed E-state index contributed by atoms with van der Waals surface area (Å²) in [5.41, 5.74) is 2.77. The number of nitrogens with zero attached hydrogens (tertiary/aromatic N) is 2. The van der Waals surface area contributed by atoms with Crippen molar-refractivity contribution in [2.75, 3.05) is 20.3 Å². The summed E-state index contributed by atoms with van der Waals surface area (Å²) in [5, 5.41) is 3.28. The van der Waals surface area contributed by atoms with E-state index in [4.69, 9.17) is 37.7 Å². The second-order valence-corrected chi connectivity index (χ2v) is 7.39. The van der Waals surface area contributed by atoms with Gasteiger partial charge in [0.2, 0.25) is 0 Å². The Kier molecular flexibility index (Phi) is 6.96. The molecule has 0 fully saturated rings. The van der Waals surface area contributed by atoms with E-state index in [2.05, 4.69) is 9.95 Å². The number of thiazole rings is 1. The first-order valence-electron chi connectivity index (χ1n) is 8.52. The molecule has 0 radical (unpaired) electrons. The minimum atomic E-state index is 0.575. The van der Waals surface area contributed by atoms with Crippen LogP contribution in [0.3, 0.4) is 0 Å². The van der Waals surface area contributed by atoms with Crippen LogP contribution < -0.4 is 9.54 Å². The van der Waals surface area contributed by atoms with Gasteiger partial charge in [-0.05, 0) is 49.4 Å². The van der Waals surface area contributed by atoms with Crippen molar-refractivity contribution >= 4 is 40.2 Å². The molecule has 3 rings (SSSR count). The quantitative estimate of drug-likeness (QED) is 0.482. The Balaban J connectivity index is 2.03. The highest BCUT2D eigenvalue weighted by atomic mass is 35.5. The molecule has 2 aromatic carbocycles. The molecule has 0 bridgehead atoms. The summed E-state index contributed by atoms with van der Waals surface area (Å²) in [6.45, 7) is 3.85.